The van der Waals surface area contributed by atoms with E-state index in [2.05, 4.69) is 19.2 Å². The second-order valence-electron chi connectivity index (χ2n) is 7.70. The van der Waals surface area contributed by atoms with Crippen LogP contribution in [0.3, 0.4) is 0 Å². The molecule has 0 bridgehead atoms. The van der Waals surface area contributed by atoms with Crippen LogP contribution in [-0.2, 0) is 9.53 Å². The van der Waals surface area contributed by atoms with Crippen LogP contribution in [-0.4, -0.2) is 18.1 Å². The quantitative estimate of drug-likeness (QED) is 0.854. The van der Waals surface area contributed by atoms with Gasteiger partial charge in [0.2, 0.25) is 5.91 Å². The first-order valence-corrected chi connectivity index (χ1v) is 8.86. The molecule has 1 aromatic rings. The van der Waals surface area contributed by atoms with E-state index in [1.807, 2.05) is 25.3 Å². The van der Waals surface area contributed by atoms with Gasteiger partial charge in [-0.25, -0.2) is 4.39 Å². The highest BCUT2D eigenvalue weighted by Gasteiger charge is 2.53. The van der Waals surface area contributed by atoms with Crippen LogP contribution in [0.1, 0.15) is 38.7 Å². The first kappa shape index (κ1) is 15.7. The smallest absolute Gasteiger partial charge is 0.223 e. The van der Waals surface area contributed by atoms with Crippen molar-refractivity contribution in [2.75, 3.05) is 0 Å². The number of halogens is 1. The molecule has 7 unspecified atom stereocenters. The van der Waals surface area contributed by atoms with Crippen LogP contribution in [0.15, 0.2) is 36.1 Å². The van der Waals surface area contributed by atoms with Crippen LogP contribution >= 0.6 is 0 Å². The minimum atomic E-state index is -0.224. The molecule has 1 saturated heterocycles. The van der Waals surface area contributed by atoms with Crippen LogP contribution in [0, 0.1) is 29.5 Å². The maximum Gasteiger partial charge on any atom is 0.223 e. The number of ether oxygens (including phenoxy) is 1. The average Bonchev–Trinajstić information content (AvgIpc) is 2.93. The molecule has 4 rings (SSSR count). The van der Waals surface area contributed by atoms with Gasteiger partial charge in [-0.3, -0.25) is 4.79 Å². The average molecular weight is 329 g/mol. The number of hydrogen-bond donors (Lipinski definition) is 1. The highest BCUT2D eigenvalue weighted by molar-refractivity contribution is 5.81. The van der Waals surface area contributed by atoms with Gasteiger partial charge in [0.05, 0.1) is 6.26 Å². The second-order valence-corrected chi connectivity index (χ2v) is 7.70. The van der Waals surface area contributed by atoms with Crippen LogP contribution in [0.25, 0.3) is 0 Å². The number of piperidine rings is 1. The summed E-state index contributed by atoms with van der Waals surface area (Å²) < 4.78 is 20.4. The van der Waals surface area contributed by atoms with Crippen molar-refractivity contribution in [3.05, 3.63) is 47.5 Å². The maximum atomic E-state index is 14.5. The SMILES string of the molecule is CC1=COC2C1CC1C(NC(=O)C(C)C1c1ccccc1F)C2C. The van der Waals surface area contributed by atoms with Crippen molar-refractivity contribution in [1.29, 1.82) is 0 Å². The van der Waals surface area contributed by atoms with Crippen molar-refractivity contribution in [1.82, 2.24) is 5.32 Å². The van der Waals surface area contributed by atoms with Crippen LogP contribution in [0.5, 0.6) is 0 Å². The zero-order chi connectivity index (χ0) is 17.0. The van der Waals surface area contributed by atoms with E-state index in [0.717, 1.165) is 6.42 Å². The normalized spacial score (nSPS) is 40.9. The van der Waals surface area contributed by atoms with Gasteiger partial charge in [0.1, 0.15) is 11.9 Å². The van der Waals surface area contributed by atoms with Gasteiger partial charge >= 0.3 is 0 Å². The van der Waals surface area contributed by atoms with Crippen LogP contribution < -0.4 is 5.32 Å². The second kappa shape index (κ2) is 5.61. The van der Waals surface area contributed by atoms with Gasteiger partial charge in [-0.15, -0.1) is 0 Å². The van der Waals surface area contributed by atoms with Gasteiger partial charge < -0.3 is 10.1 Å². The van der Waals surface area contributed by atoms with Gasteiger partial charge in [-0.1, -0.05) is 32.0 Å². The third kappa shape index (κ3) is 2.19. The zero-order valence-electron chi connectivity index (χ0n) is 14.3. The number of amides is 1. The highest BCUT2D eigenvalue weighted by atomic mass is 19.1. The largest absolute Gasteiger partial charge is 0.497 e. The topological polar surface area (TPSA) is 38.3 Å². The lowest BCUT2D eigenvalue weighted by atomic mass is 9.59. The van der Waals surface area contributed by atoms with Gasteiger partial charge in [-0.05, 0) is 36.5 Å². The Balaban J connectivity index is 1.76. The third-order valence-corrected chi connectivity index (χ3v) is 6.45. The highest BCUT2D eigenvalue weighted by Crippen LogP contribution is 2.51. The first-order chi connectivity index (χ1) is 11.5. The predicted molar refractivity (Wildman–Crippen MR) is 89.6 cm³/mol. The summed E-state index contributed by atoms with van der Waals surface area (Å²) in [6.45, 7) is 6.18. The fourth-order valence-electron chi connectivity index (χ4n) is 5.16. The molecule has 0 spiro atoms. The lowest BCUT2D eigenvalue weighted by molar-refractivity contribution is -0.134. The molecule has 128 valence electrons. The number of carbonyl (C=O) groups excluding carboxylic acids is 1. The van der Waals surface area contributed by atoms with Gasteiger partial charge in [-0.2, -0.15) is 0 Å². The van der Waals surface area contributed by atoms with Crippen molar-refractivity contribution < 1.29 is 13.9 Å². The lowest BCUT2D eigenvalue weighted by Crippen LogP contribution is -2.61. The van der Waals surface area contributed by atoms with E-state index in [1.54, 1.807) is 6.07 Å². The van der Waals surface area contributed by atoms with Gasteiger partial charge in [0.15, 0.2) is 0 Å². The summed E-state index contributed by atoms with van der Waals surface area (Å²) in [7, 11) is 0. The molecule has 1 aromatic carbocycles. The fraction of sp³-hybridized carbons (Fsp3) is 0.550. The third-order valence-electron chi connectivity index (χ3n) is 6.45. The summed E-state index contributed by atoms with van der Waals surface area (Å²) in [6.07, 6.45) is 2.93. The summed E-state index contributed by atoms with van der Waals surface area (Å²) >= 11 is 0. The Morgan fingerprint density at radius 1 is 1.25 bits per heavy atom. The molecule has 2 heterocycles. The Morgan fingerprint density at radius 2 is 2.00 bits per heavy atom. The van der Waals surface area contributed by atoms with Crippen molar-refractivity contribution >= 4 is 5.91 Å². The van der Waals surface area contributed by atoms with E-state index in [1.165, 1.54) is 11.6 Å². The van der Waals surface area contributed by atoms with Gasteiger partial charge in [0, 0.05) is 29.7 Å². The van der Waals surface area contributed by atoms with Gasteiger partial charge in [0.25, 0.3) is 0 Å². The fourth-order valence-corrected chi connectivity index (χ4v) is 5.16. The molecule has 1 amide bonds. The molecule has 3 nitrogen and oxygen atoms in total. The Labute approximate surface area is 142 Å². The molecule has 1 aliphatic carbocycles. The molecular weight excluding hydrogens is 305 g/mol. The maximum absolute atomic E-state index is 14.5. The van der Waals surface area contributed by atoms with Crippen molar-refractivity contribution in [3.8, 4) is 0 Å². The van der Waals surface area contributed by atoms with E-state index in [-0.39, 0.29) is 47.5 Å². The Bertz CT molecular complexity index is 701. The summed E-state index contributed by atoms with van der Waals surface area (Å²) in [5.74, 6) is 0.340. The van der Waals surface area contributed by atoms with Crippen molar-refractivity contribution in [3.63, 3.8) is 0 Å². The number of benzene rings is 1. The Morgan fingerprint density at radius 3 is 2.75 bits per heavy atom. The Hall–Kier alpha value is -1.84. The predicted octanol–water partition coefficient (Wildman–Crippen LogP) is 3.62. The Kier molecular flexibility index (Phi) is 3.66. The zero-order valence-corrected chi connectivity index (χ0v) is 14.3. The molecule has 3 aliphatic rings. The van der Waals surface area contributed by atoms with E-state index in [0.29, 0.717) is 11.5 Å². The van der Waals surface area contributed by atoms with Crippen LogP contribution in [0.4, 0.5) is 4.39 Å². The molecule has 0 radical (unpaired) electrons. The number of nitrogens with one attached hydrogen (secondary N) is 1. The van der Waals surface area contributed by atoms with E-state index in [4.69, 9.17) is 4.74 Å². The molecule has 4 heteroatoms. The summed E-state index contributed by atoms with van der Waals surface area (Å²) in [5.41, 5.74) is 1.95. The lowest BCUT2D eigenvalue weighted by Gasteiger charge is -2.51. The molecule has 2 fully saturated rings. The molecule has 7 atom stereocenters. The van der Waals surface area contributed by atoms with E-state index in [9.17, 15) is 9.18 Å². The molecule has 24 heavy (non-hydrogen) atoms. The standard InChI is InChI=1S/C20H24FNO2/c1-10-9-24-19-12(3)18-15(8-14(10)19)17(11(2)20(23)22-18)13-6-4-5-7-16(13)21/h4-7,9,11-12,14-15,17-19H,8H2,1-3H3,(H,22,23). The summed E-state index contributed by atoms with van der Waals surface area (Å²) in [4.78, 5) is 12.6. The molecular formula is C20H24FNO2. The monoisotopic (exact) mass is 329 g/mol. The van der Waals surface area contributed by atoms with E-state index >= 15 is 0 Å². The number of carbonyl (C=O) groups is 1. The van der Waals surface area contributed by atoms with Crippen molar-refractivity contribution in [2.24, 2.45) is 23.7 Å². The number of hydrogen-bond acceptors (Lipinski definition) is 2. The first-order valence-electron chi connectivity index (χ1n) is 8.86. The molecule has 1 N–H and O–H groups in total. The number of rotatable bonds is 1. The van der Waals surface area contributed by atoms with Crippen molar-refractivity contribution in [2.45, 2.75) is 45.3 Å². The summed E-state index contributed by atoms with van der Waals surface area (Å²) in [5, 5.41) is 3.20. The summed E-state index contributed by atoms with van der Waals surface area (Å²) in [6, 6.07) is 6.96. The number of fused-ring (bicyclic) bond motifs is 2. The molecule has 2 aliphatic heterocycles. The van der Waals surface area contributed by atoms with Crippen LogP contribution in [0.2, 0.25) is 0 Å². The minimum absolute atomic E-state index is 0.0254. The molecule has 1 saturated carbocycles. The molecule has 0 aromatic heterocycles. The minimum Gasteiger partial charge on any atom is -0.497 e. The van der Waals surface area contributed by atoms with E-state index < -0.39 is 0 Å².